The Morgan fingerprint density at radius 3 is 3.11 bits per heavy atom. The van der Waals surface area contributed by atoms with E-state index in [4.69, 9.17) is 0 Å². The molecule has 1 radical (unpaired) electrons. The summed E-state index contributed by atoms with van der Waals surface area (Å²) in [6.07, 6.45) is 12.8. The molecule has 0 heterocycles. The van der Waals surface area contributed by atoms with Gasteiger partial charge in [0.05, 0.1) is 0 Å². The van der Waals surface area contributed by atoms with Gasteiger partial charge in [0, 0.05) is 0 Å². The van der Waals surface area contributed by atoms with E-state index in [0.717, 1.165) is 11.8 Å². The maximum Gasteiger partial charge on any atom is -0.0199 e. The van der Waals surface area contributed by atoms with Gasteiger partial charge in [0.25, 0.3) is 0 Å². The standard InChI is InChI=1S/C9H13/c1-2-5-9-7-3-6-8(9)4-1/h3-4,7-9H,1-2,5-6H2. The van der Waals surface area contributed by atoms with Gasteiger partial charge in [0.2, 0.25) is 0 Å². The Morgan fingerprint density at radius 2 is 2.22 bits per heavy atom. The summed E-state index contributed by atoms with van der Waals surface area (Å²) in [5.41, 5.74) is 0. The average Bonchev–Trinajstić information content (AvgIpc) is 2.33. The van der Waals surface area contributed by atoms with Crippen molar-refractivity contribution in [2.24, 2.45) is 11.8 Å². The lowest BCUT2D eigenvalue weighted by molar-refractivity contribution is 0.379. The largest absolute Gasteiger partial charge is 0.0879 e. The topological polar surface area (TPSA) is 0 Å². The maximum absolute atomic E-state index is 2.51. The summed E-state index contributed by atoms with van der Waals surface area (Å²) in [6, 6.07) is 0. The van der Waals surface area contributed by atoms with Crippen LogP contribution in [-0.2, 0) is 0 Å². The zero-order chi connectivity index (χ0) is 6.10. The quantitative estimate of drug-likeness (QED) is 0.432. The molecule has 0 spiro atoms. The van der Waals surface area contributed by atoms with Crippen LogP contribution in [0.15, 0.2) is 12.2 Å². The molecular weight excluding hydrogens is 108 g/mol. The molecule has 0 aromatic carbocycles. The molecule has 2 aliphatic rings. The number of rotatable bonds is 0. The lowest BCUT2D eigenvalue weighted by Crippen LogP contribution is -2.13. The third-order valence-corrected chi connectivity index (χ3v) is 2.55. The fourth-order valence-corrected chi connectivity index (χ4v) is 1.99. The highest BCUT2D eigenvalue weighted by molar-refractivity contribution is 5.07. The van der Waals surface area contributed by atoms with Crippen LogP contribution in [0.1, 0.15) is 25.7 Å². The second kappa shape index (κ2) is 2.17. The normalized spacial score (nSPS) is 40.9. The molecule has 0 nitrogen and oxygen atoms in total. The lowest BCUT2D eigenvalue weighted by atomic mass is 9.82. The van der Waals surface area contributed by atoms with Crippen LogP contribution in [-0.4, -0.2) is 0 Å². The van der Waals surface area contributed by atoms with Crippen molar-refractivity contribution in [1.29, 1.82) is 0 Å². The molecule has 9 heavy (non-hydrogen) atoms. The van der Waals surface area contributed by atoms with Crippen LogP contribution in [0.3, 0.4) is 0 Å². The molecule has 0 heteroatoms. The summed E-state index contributed by atoms with van der Waals surface area (Å²) < 4.78 is 0. The van der Waals surface area contributed by atoms with Crippen LogP contribution in [0.4, 0.5) is 0 Å². The Kier molecular flexibility index (Phi) is 1.33. The SMILES string of the molecule is [CH]1CCCC2C=CCC12. The molecule has 2 aliphatic carbocycles. The first kappa shape index (κ1) is 5.52. The predicted molar refractivity (Wildman–Crippen MR) is 38.9 cm³/mol. The van der Waals surface area contributed by atoms with Crippen molar-refractivity contribution in [2.75, 3.05) is 0 Å². The minimum atomic E-state index is 0.929. The maximum atomic E-state index is 2.51. The van der Waals surface area contributed by atoms with E-state index in [1.807, 2.05) is 0 Å². The van der Waals surface area contributed by atoms with E-state index >= 15 is 0 Å². The van der Waals surface area contributed by atoms with Gasteiger partial charge in [-0.3, -0.25) is 0 Å². The van der Waals surface area contributed by atoms with Crippen LogP contribution >= 0.6 is 0 Å². The van der Waals surface area contributed by atoms with Gasteiger partial charge < -0.3 is 0 Å². The van der Waals surface area contributed by atoms with Crippen molar-refractivity contribution in [3.63, 3.8) is 0 Å². The highest BCUT2D eigenvalue weighted by Crippen LogP contribution is 2.36. The van der Waals surface area contributed by atoms with Gasteiger partial charge in [-0.1, -0.05) is 18.6 Å². The summed E-state index contributed by atoms with van der Waals surface area (Å²) in [5, 5.41) is 0. The predicted octanol–water partition coefficient (Wildman–Crippen LogP) is 2.57. The zero-order valence-corrected chi connectivity index (χ0v) is 5.72. The molecule has 0 N–H and O–H groups in total. The Hall–Kier alpha value is -0.260. The molecule has 0 amide bonds. The molecular formula is C9H13. The van der Waals surface area contributed by atoms with Crippen LogP contribution in [0.25, 0.3) is 0 Å². The van der Waals surface area contributed by atoms with Crippen molar-refractivity contribution < 1.29 is 0 Å². The monoisotopic (exact) mass is 121 g/mol. The molecule has 49 valence electrons. The summed E-state index contributed by atoms with van der Waals surface area (Å²) in [5.74, 6) is 1.86. The van der Waals surface area contributed by atoms with E-state index in [1.54, 1.807) is 0 Å². The van der Waals surface area contributed by atoms with Gasteiger partial charge in [-0.2, -0.15) is 0 Å². The average molecular weight is 121 g/mol. The minimum absolute atomic E-state index is 0.929. The van der Waals surface area contributed by atoms with Crippen molar-refractivity contribution in [2.45, 2.75) is 25.7 Å². The molecule has 0 aliphatic heterocycles. The Morgan fingerprint density at radius 1 is 1.22 bits per heavy atom. The van der Waals surface area contributed by atoms with Crippen LogP contribution in [0, 0.1) is 18.3 Å². The first-order valence-electron chi connectivity index (χ1n) is 3.97. The molecule has 0 aromatic rings. The lowest BCUT2D eigenvalue weighted by Gasteiger charge is -2.23. The zero-order valence-electron chi connectivity index (χ0n) is 5.72. The smallest absolute Gasteiger partial charge is 0.0199 e. The summed E-state index contributed by atoms with van der Waals surface area (Å²) in [6.45, 7) is 0. The van der Waals surface area contributed by atoms with Gasteiger partial charge >= 0.3 is 0 Å². The Bertz CT molecular complexity index is 124. The summed E-state index contributed by atoms with van der Waals surface area (Å²) in [4.78, 5) is 0. The van der Waals surface area contributed by atoms with E-state index in [-0.39, 0.29) is 0 Å². The molecule has 0 bridgehead atoms. The van der Waals surface area contributed by atoms with E-state index in [9.17, 15) is 0 Å². The van der Waals surface area contributed by atoms with E-state index in [0.29, 0.717) is 0 Å². The van der Waals surface area contributed by atoms with Gasteiger partial charge in [0.1, 0.15) is 0 Å². The first-order valence-corrected chi connectivity index (χ1v) is 3.97. The highest BCUT2D eigenvalue weighted by Gasteiger charge is 2.25. The van der Waals surface area contributed by atoms with Gasteiger partial charge in [0.15, 0.2) is 0 Å². The molecule has 2 rings (SSSR count). The Balaban J connectivity index is 2.03. The second-order valence-electron chi connectivity index (χ2n) is 3.16. The molecule has 1 fully saturated rings. The fourth-order valence-electron chi connectivity index (χ4n) is 1.99. The van der Waals surface area contributed by atoms with Crippen molar-refractivity contribution >= 4 is 0 Å². The van der Waals surface area contributed by atoms with Crippen LogP contribution in [0.2, 0.25) is 0 Å². The van der Waals surface area contributed by atoms with Crippen molar-refractivity contribution in [3.05, 3.63) is 18.6 Å². The number of allylic oxidation sites excluding steroid dienone is 2. The molecule has 2 unspecified atom stereocenters. The number of hydrogen-bond donors (Lipinski definition) is 0. The number of hydrogen-bond acceptors (Lipinski definition) is 0. The van der Waals surface area contributed by atoms with Gasteiger partial charge in [-0.05, 0) is 37.5 Å². The summed E-state index contributed by atoms with van der Waals surface area (Å²) >= 11 is 0. The number of fused-ring (bicyclic) bond motifs is 1. The van der Waals surface area contributed by atoms with E-state index in [1.165, 1.54) is 25.7 Å². The third kappa shape index (κ3) is 0.910. The molecule has 0 saturated heterocycles. The van der Waals surface area contributed by atoms with Gasteiger partial charge in [-0.25, -0.2) is 0 Å². The van der Waals surface area contributed by atoms with Gasteiger partial charge in [-0.15, -0.1) is 0 Å². The molecule has 2 atom stereocenters. The van der Waals surface area contributed by atoms with E-state index in [2.05, 4.69) is 18.6 Å². The first-order chi connectivity index (χ1) is 4.47. The van der Waals surface area contributed by atoms with Crippen LogP contribution < -0.4 is 0 Å². The van der Waals surface area contributed by atoms with Crippen molar-refractivity contribution in [3.8, 4) is 0 Å². The third-order valence-electron chi connectivity index (χ3n) is 2.55. The minimum Gasteiger partial charge on any atom is -0.0879 e. The highest BCUT2D eigenvalue weighted by atomic mass is 14.3. The second-order valence-corrected chi connectivity index (χ2v) is 3.16. The Labute approximate surface area is 57.0 Å². The van der Waals surface area contributed by atoms with Crippen LogP contribution in [0.5, 0.6) is 0 Å². The van der Waals surface area contributed by atoms with Crippen molar-refractivity contribution in [1.82, 2.24) is 0 Å². The molecule has 0 aromatic heterocycles. The van der Waals surface area contributed by atoms with E-state index < -0.39 is 0 Å². The fraction of sp³-hybridized carbons (Fsp3) is 0.667. The summed E-state index contributed by atoms with van der Waals surface area (Å²) in [7, 11) is 0. The molecule has 1 saturated carbocycles.